The fourth-order valence-electron chi connectivity index (χ4n) is 3.49. The highest BCUT2D eigenvalue weighted by Gasteiger charge is 2.27. The first-order chi connectivity index (χ1) is 12.6. The van der Waals surface area contributed by atoms with Crippen molar-refractivity contribution >= 4 is 5.91 Å². The normalized spacial score (nSPS) is 20.6. The number of likely N-dealkylation sites (tertiary alicyclic amines) is 1. The molecule has 1 aromatic carbocycles. The van der Waals surface area contributed by atoms with Gasteiger partial charge in [-0.25, -0.2) is 4.98 Å². The summed E-state index contributed by atoms with van der Waals surface area (Å²) in [5, 5.41) is 3.12. The summed E-state index contributed by atoms with van der Waals surface area (Å²) in [6, 6.07) is 12.8. The molecular weight excluding hydrogens is 326 g/mol. The van der Waals surface area contributed by atoms with Gasteiger partial charge < -0.3 is 10.1 Å². The van der Waals surface area contributed by atoms with Gasteiger partial charge in [0.2, 0.25) is 0 Å². The van der Waals surface area contributed by atoms with E-state index in [0.717, 1.165) is 25.9 Å². The van der Waals surface area contributed by atoms with Gasteiger partial charge in [-0.15, -0.1) is 0 Å². The molecule has 0 aliphatic carbocycles. The number of aromatic nitrogens is 1. The van der Waals surface area contributed by atoms with E-state index in [9.17, 15) is 4.79 Å². The quantitative estimate of drug-likeness (QED) is 0.897. The fraction of sp³-hybridized carbons (Fsp3) is 0.429. The van der Waals surface area contributed by atoms with Crippen molar-refractivity contribution in [3.05, 3.63) is 59.4 Å². The first-order valence-electron chi connectivity index (χ1n) is 9.16. The number of carbonyl (C=O) groups is 1. The summed E-state index contributed by atoms with van der Waals surface area (Å²) in [6.45, 7) is 6.26. The molecule has 5 nitrogen and oxygen atoms in total. The second kappa shape index (κ2) is 8.32. The molecule has 2 aromatic rings. The highest BCUT2D eigenvalue weighted by molar-refractivity contribution is 5.95. The average Bonchev–Trinajstić information content (AvgIpc) is 2.65. The lowest BCUT2D eigenvalue weighted by Crippen LogP contribution is -2.48. The predicted octanol–water partition coefficient (Wildman–Crippen LogP) is 3.18. The van der Waals surface area contributed by atoms with Crippen LogP contribution in [0.1, 0.15) is 41.4 Å². The van der Waals surface area contributed by atoms with Gasteiger partial charge in [0.15, 0.2) is 5.69 Å². The molecule has 0 radical (unpaired) electrons. The van der Waals surface area contributed by atoms with Crippen LogP contribution < -0.4 is 10.1 Å². The van der Waals surface area contributed by atoms with E-state index in [-0.39, 0.29) is 11.9 Å². The van der Waals surface area contributed by atoms with Crippen molar-refractivity contribution in [2.45, 2.75) is 45.3 Å². The highest BCUT2D eigenvalue weighted by Crippen LogP contribution is 2.21. The highest BCUT2D eigenvalue weighted by atomic mass is 16.5. The molecular formula is C21H27N3O2. The van der Waals surface area contributed by atoms with Crippen molar-refractivity contribution < 1.29 is 9.53 Å². The third kappa shape index (κ3) is 4.41. The lowest BCUT2D eigenvalue weighted by molar-refractivity contribution is 0.0859. The summed E-state index contributed by atoms with van der Waals surface area (Å²) < 4.78 is 5.24. The number of aryl methyl sites for hydroxylation is 1. The summed E-state index contributed by atoms with van der Waals surface area (Å²) in [5.74, 6) is 0.349. The molecule has 1 aliphatic heterocycles. The van der Waals surface area contributed by atoms with Gasteiger partial charge in [-0.05, 0) is 44.4 Å². The van der Waals surface area contributed by atoms with Gasteiger partial charge >= 0.3 is 0 Å². The number of nitrogens with one attached hydrogen (secondary N) is 1. The van der Waals surface area contributed by atoms with Gasteiger partial charge in [0.05, 0.1) is 7.11 Å². The molecule has 2 atom stereocenters. The first kappa shape index (κ1) is 18.4. The molecule has 0 bridgehead atoms. The Kier molecular flexibility index (Phi) is 5.89. The number of hydrogen-bond acceptors (Lipinski definition) is 4. The van der Waals surface area contributed by atoms with Crippen LogP contribution in [0, 0.1) is 6.92 Å². The Morgan fingerprint density at radius 1 is 1.31 bits per heavy atom. The molecule has 5 heteroatoms. The molecule has 1 aliphatic rings. The van der Waals surface area contributed by atoms with Crippen molar-refractivity contribution in [3.8, 4) is 5.75 Å². The minimum Gasteiger partial charge on any atom is -0.494 e. The van der Waals surface area contributed by atoms with E-state index in [1.807, 2.05) is 0 Å². The maximum atomic E-state index is 12.5. The first-order valence-corrected chi connectivity index (χ1v) is 9.16. The number of benzene rings is 1. The van der Waals surface area contributed by atoms with Crippen molar-refractivity contribution in [2.75, 3.05) is 13.7 Å². The van der Waals surface area contributed by atoms with Crippen LogP contribution in [0.25, 0.3) is 0 Å². The van der Waals surface area contributed by atoms with Crippen molar-refractivity contribution in [1.29, 1.82) is 0 Å². The fourth-order valence-corrected chi connectivity index (χ4v) is 3.49. The topological polar surface area (TPSA) is 54.5 Å². The second-order valence-corrected chi connectivity index (χ2v) is 7.05. The number of ether oxygens (including phenoxy) is 1. The molecule has 138 valence electrons. The molecule has 2 heterocycles. The van der Waals surface area contributed by atoms with E-state index in [0.29, 0.717) is 17.5 Å². The summed E-state index contributed by atoms with van der Waals surface area (Å²) in [6.07, 6.45) is 3.49. The third-order valence-electron chi connectivity index (χ3n) is 5.06. The zero-order valence-electron chi connectivity index (χ0n) is 15.7. The number of rotatable bonds is 5. The third-order valence-corrected chi connectivity index (χ3v) is 5.06. The smallest absolute Gasteiger partial charge is 0.273 e. The Morgan fingerprint density at radius 3 is 2.77 bits per heavy atom. The van der Waals surface area contributed by atoms with Crippen LogP contribution in [-0.2, 0) is 6.54 Å². The van der Waals surface area contributed by atoms with E-state index in [1.54, 1.807) is 25.4 Å². The minimum absolute atomic E-state index is 0.161. The van der Waals surface area contributed by atoms with Crippen LogP contribution in [0.4, 0.5) is 0 Å². The van der Waals surface area contributed by atoms with Crippen LogP contribution in [0.2, 0.25) is 0 Å². The molecule has 1 saturated heterocycles. The van der Waals surface area contributed by atoms with Crippen LogP contribution >= 0.6 is 0 Å². The van der Waals surface area contributed by atoms with Crippen LogP contribution in [0.5, 0.6) is 5.75 Å². The van der Waals surface area contributed by atoms with Gasteiger partial charge in [-0.2, -0.15) is 0 Å². The molecule has 3 rings (SSSR count). The van der Waals surface area contributed by atoms with Gasteiger partial charge in [0.1, 0.15) is 5.75 Å². The summed E-state index contributed by atoms with van der Waals surface area (Å²) in [5.41, 5.74) is 2.97. The summed E-state index contributed by atoms with van der Waals surface area (Å²) in [7, 11) is 1.55. The molecule has 0 spiro atoms. The average molecular weight is 353 g/mol. The molecule has 1 amide bonds. The van der Waals surface area contributed by atoms with E-state index in [2.05, 4.69) is 53.3 Å². The van der Waals surface area contributed by atoms with Gasteiger partial charge in [0, 0.05) is 31.4 Å². The van der Waals surface area contributed by atoms with Crippen molar-refractivity contribution in [1.82, 2.24) is 15.2 Å². The number of hydrogen-bond donors (Lipinski definition) is 1. The van der Waals surface area contributed by atoms with Crippen LogP contribution in [-0.4, -0.2) is 41.5 Å². The monoisotopic (exact) mass is 353 g/mol. The van der Waals surface area contributed by atoms with E-state index in [4.69, 9.17) is 4.74 Å². The second-order valence-electron chi connectivity index (χ2n) is 7.05. The maximum absolute atomic E-state index is 12.5. The molecule has 0 saturated carbocycles. The molecule has 1 fully saturated rings. The number of pyridine rings is 1. The minimum atomic E-state index is -0.161. The van der Waals surface area contributed by atoms with E-state index < -0.39 is 0 Å². The molecule has 1 N–H and O–H groups in total. The Balaban J connectivity index is 1.56. The maximum Gasteiger partial charge on any atom is 0.273 e. The molecule has 2 unspecified atom stereocenters. The predicted molar refractivity (Wildman–Crippen MR) is 102 cm³/mol. The largest absolute Gasteiger partial charge is 0.494 e. The Labute approximate surface area is 155 Å². The Hall–Kier alpha value is -2.40. The van der Waals surface area contributed by atoms with Gasteiger partial charge in [-0.1, -0.05) is 29.8 Å². The number of amides is 1. The number of carbonyl (C=O) groups excluding carboxylic acids is 1. The Bertz CT molecular complexity index is 745. The lowest BCUT2D eigenvalue weighted by atomic mass is 9.97. The van der Waals surface area contributed by atoms with E-state index in [1.165, 1.54) is 11.1 Å². The summed E-state index contributed by atoms with van der Waals surface area (Å²) in [4.78, 5) is 19.2. The summed E-state index contributed by atoms with van der Waals surface area (Å²) >= 11 is 0. The molecule has 26 heavy (non-hydrogen) atoms. The number of methoxy groups -OCH3 is 1. The van der Waals surface area contributed by atoms with Crippen molar-refractivity contribution in [2.24, 2.45) is 0 Å². The van der Waals surface area contributed by atoms with Crippen LogP contribution in [0.15, 0.2) is 42.6 Å². The lowest BCUT2D eigenvalue weighted by Gasteiger charge is -2.38. The standard InChI is InChI=1S/C21H27N3O2/c1-15-6-8-17(9-7-15)14-24-12-10-18(13-16(24)2)23-21(25)20-19(26-3)5-4-11-22-20/h4-9,11,16,18H,10,12-14H2,1-3H3,(H,23,25). The Morgan fingerprint density at radius 2 is 2.08 bits per heavy atom. The van der Waals surface area contributed by atoms with Crippen LogP contribution in [0.3, 0.4) is 0 Å². The van der Waals surface area contributed by atoms with Gasteiger partial charge in [-0.3, -0.25) is 9.69 Å². The SMILES string of the molecule is COc1cccnc1C(=O)NC1CCN(Cc2ccc(C)cc2)C(C)C1. The molecule has 1 aromatic heterocycles. The number of nitrogens with zero attached hydrogens (tertiary/aromatic N) is 2. The van der Waals surface area contributed by atoms with Crippen molar-refractivity contribution in [3.63, 3.8) is 0 Å². The number of piperidine rings is 1. The van der Waals surface area contributed by atoms with E-state index >= 15 is 0 Å². The van der Waals surface area contributed by atoms with Gasteiger partial charge in [0.25, 0.3) is 5.91 Å². The zero-order valence-corrected chi connectivity index (χ0v) is 15.7. The zero-order chi connectivity index (χ0) is 18.5.